The third-order valence-electron chi connectivity index (χ3n) is 5.49. The molecule has 9 heteroatoms. The number of ketones is 1. The van der Waals surface area contributed by atoms with E-state index in [1.165, 1.54) is 18.2 Å². The van der Waals surface area contributed by atoms with Crippen LogP contribution in [-0.4, -0.2) is 72.2 Å². The molecule has 30 heavy (non-hydrogen) atoms. The minimum absolute atomic E-state index is 0.0742. The highest BCUT2D eigenvalue weighted by molar-refractivity contribution is 6.39. The average molecular weight is 429 g/mol. The molecule has 1 aromatic heterocycles. The van der Waals surface area contributed by atoms with E-state index >= 15 is 0 Å². The number of rotatable bonds is 4. The molecule has 1 atom stereocenters. The van der Waals surface area contributed by atoms with Crippen LogP contribution in [0.25, 0.3) is 0 Å². The summed E-state index contributed by atoms with van der Waals surface area (Å²) in [6.45, 7) is 1.64. The maximum Gasteiger partial charge on any atom is 0.290 e. The Morgan fingerprint density at radius 2 is 1.77 bits per heavy atom. The largest absolute Gasteiger partial charge is 0.495 e. The lowest BCUT2D eigenvalue weighted by Gasteiger charge is -2.34. The number of piperazine rings is 1. The number of amides is 2. The second kappa shape index (κ2) is 8.31. The smallest absolute Gasteiger partial charge is 0.290 e. The van der Waals surface area contributed by atoms with Crippen LogP contribution in [0.15, 0.2) is 36.5 Å². The van der Waals surface area contributed by atoms with E-state index in [1.54, 1.807) is 17.0 Å². The number of fused-ring (bicyclic) bond motifs is 1. The Balaban J connectivity index is 1.43. The normalized spacial score (nSPS) is 17.9. The summed E-state index contributed by atoms with van der Waals surface area (Å²) in [5.41, 5.74) is 1.70. The van der Waals surface area contributed by atoms with Crippen LogP contribution in [0.4, 0.5) is 5.69 Å². The first-order valence-corrected chi connectivity index (χ1v) is 10.0. The summed E-state index contributed by atoms with van der Waals surface area (Å²) in [5, 5.41) is 3.29. The lowest BCUT2D eigenvalue weighted by Crippen LogP contribution is -2.52. The van der Waals surface area contributed by atoms with Gasteiger partial charge in [-0.3, -0.25) is 14.4 Å². The molecule has 2 aromatic rings. The van der Waals surface area contributed by atoms with E-state index in [9.17, 15) is 14.4 Å². The Morgan fingerprint density at radius 3 is 2.43 bits per heavy atom. The van der Waals surface area contributed by atoms with Gasteiger partial charge in [-0.1, -0.05) is 29.8 Å². The van der Waals surface area contributed by atoms with Gasteiger partial charge in [-0.15, -0.1) is 0 Å². The van der Waals surface area contributed by atoms with Crippen LogP contribution in [0.2, 0.25) is 5.15 Å². The topological polar surface area (TPSA) is 91.8 Å². The van der Waals surface area contributed by atoms with Crippen LogP contribution >= 0.6 is 11.6 Å². The Bertz CT molecular complexity index is 990. The van der Waals surface area contributed by atoms with Crippen molar-refractivity contribution in [2.75, 3.05) is 45.2 Å². The summed E-state index contributed by atoms with van der Waals surface area (Å²) < 4.78 is 5.32. The van der Waals surface area contributed by atoms with Crippen molar-refractivity contribution in [1.29, 1.82) is 0 Å². The molecule has 1 unspecified atom stereocenters. The molecule has 0 aliphatic carbocycles. The number of ether oxygens (including phenoxy) is 1. The molecular formula is C21H21ClN4O4. The molecule has 2 aliphatic heterocycles. The molecule has 2 amide bonds. The highest BCUT2D eigenvalue weighted by Gasteiger charge is 2.39. The number of carbonyl (C=O) groups is 3. The molecule has 0 radical (unpaired) electrons. The highest BCUT2D eigenvalue weighted by atomic mass is 35.5. The predicted octanol–water partition coefficient (Wildman–Crippen LogP) is 1.81. The monoisotopic (exact) mass is 428 g/mol. The number of carbonyl (C=O) groups excluding carboxylic acids is 3. The highest BCUT2D eigenvalue weighted by Crippen LogP contribution is 2.42. The quantitative estimate of drug-likeness (QED) is 0.590. The summed E-state index contributed by atoms with van der Waals surface area (Å²) in [4.78, 5) is 45.7. The summed E-state index contributed by atoms with van der Waals surface area (Å²) in [7, 11) is 1.48. The average Bonchev–Trinajstić information content (AvgIpc) is 3.25. The first-order chi connectivity index (χ1) is 14.5. The molecule has 0 bridgehead atoms. The van der Waals surface area contributed by atoms with Crippen LogP contribution in [-0.2, 0) is 9.59 Å². The molecule has 0 saturated carbocycles. The Kier molecular flexibility index (Phi) is 5.59. The molecule has 3 heterocycles. The molecule has 1 N–H and O–H groups in total. The SMILES string of the molecule is COc1cnc(Cl)c2c1C(C(=O)C(=O)N1CCN(C(=O)c3ccccc3)CC1)CN2. The first kappa shape index (κ1) is 20.2. The van der Waals surface area contributed by atoms with Crippen molar-refractivity contribution in [3.8, 4) is 5.75 Å². The lowest BCUT2D eigenvalue weighted by molar-refractivity contribution is -0.146. The number of nitrogens with zero attached hydrogens (tertiary/aromatic N) is 3. The van der Waals surface area contributed by atoms with Crippen molar-refractivity contribution in [2.45, 2.75) is 5.92 Å². The fourth-order valence-electron chi connectivity index (χ4n) is 3.87. The molecule has 8 nitrogen and oxygen atoms in total. The van der Waals surface area contributed by atoms with Gasteiger partial charge < -0.3 is 19.9 Å². The van der Waals surface area contributed by atoms with Crippen molar-refractivity contribution < 1.29 is 19.1 Å². The van der Waals surface area contributed by atoms with Crippen LogP contribution in [0, 0.1) is 0 Å². The molecule has 0 spiro atoms. The van der Waals surface area contributed by atoms with Crippen molar-refractivity contribution in [2.24, 2.45) is 0 Å². The minimum atomic E-state index is -0.688. The number of methoxy groups -OCH3 is 1. The van der Waals surface area contributed by atoms with Gasteiger partial charge in [-0.05, 0) is 12.1 Å². The first-order valence-electron chi connectivity index (χ1n) is 9.65. The van der Waals surface area contributed by atoms with Gasteiger partial charge in [0.25, 0.3) is 11.8 Å². The van der Waals surface area contributed by atoms with Crippen molar-refractivity contribution in [1.82, 2.24) is 14.8 Å². The van der Waals surface area contributed by atoms with Crippen LogP contribution in [0.3, 0.4) is 0 Å². The second-order valence-electron chi connectivity index (χ2n) is 7.15. The molecule has 1 saturated heterocycles. The van der Waals surface area contributed by atoms with E-state index in [1.807, 2.05) is 18.2 Å². The zero-order chi connectivity index (χ0) is 21.3. The van der Waals surface area contributed by atoms with Gasteiger partial charge >= 0.3 is 0 Å². The van der Waals surface area contributed by atoms with Crippen LogP contribution < -0.4 is 10.1 Å². The Hall–Kier alpha value is -3.13. The minimum Gasteiger partial charge on any atom is -0.495 e. The summed E-state index contributed by atoms with van der Waals surface area (Å²) in [5.74, 6) is -1.42. The number of pyridine rings is 1. The summed E-state index contributed by atoms with van der Waals surface area (Å²) >= 11 is 6.12. The molecule has 1 fully saturated rings. The standard InChI is InChI=1S/C21H21ClN4O4/c1-30-15-12-24-19(22)17-16(15)14(11-23-17)18(27)21(29)26-9-7-25(8-10-26)20(28)13-5-3-2-4-6-13/h2-6,12,14,23H,7-11H2,1H3. The summed E-state index contributed by atoms with van der Waals surface area (Å²) in [6.07, 6.45) is 1.45. The third kappa shape index (κ3) is 3.59. The molecule has 156 valence electrons. The second-order valence-corrected chi connectivity index (χ2v) is 7.51. The van der Waals surface area contributed by atoms with Crippen molar-refractivity contribution >= 4 is 34.9 Å². The summed E-state index contributed by atoms with van der Waals surface area (Å²) in [6, 6.07) is 9.01. The molecular weight excluding hydrogens is 408 g/mol. The Labute approximate surface area is 178 Å². The van der Waals surface area contributed by atoms with Gasteiger partial charge in [0.05, 0.1) is 24.9 Å². The maximum absolute atomic E-state index is 13.0. The van der Waals surface area contributed by atoms with Gasteiger partial charge in [-0.25, -0.2) is 4.98 Å². The Morgan fingerprint density at radius 1 is 1.10 bits per heavy atom. The number of hydrogen-bond donors (Lipinski definition) is 1. The zero-order valence-electron chi connectivity index (χ0n) is 16.4. The van der Waals surface area contributed by atoms with E-state index in [0.29, 0.717) is 48.7 Å². The number of Topliss-reactive ketones (excluding diaryl/α,β-unsaturated/α-hetero) is 1. The van der Waals surface area contributed by atoms with E-state index in [0.717, 1.165) is 0 Å². The van der Waals surface area contributed by atoms with Gasteiger partial charge in [0.15, 0.2) is 5.15 Å². The van der Waals surface area contributed by atoms with E-state index in [2.05, 4.69) is 10.3 Å². The predicted molar refractivity (Wildman–Crippen MR) is 111 cm³/mol. The van der Waals surface area contributed by atoms with E-state index < -0.39 is 17.6 Å². The third-order valence-corrected chi connectivity index (χ3v) is 5.78. The van der Waals surface area contributed by atoms with Gasteiger partial charge in [-0.2, -0.15) is 0 Å². The lowest BCUT2D eigenvalue weighted by atomic mass is 9.95. The van der Waals surface area contributed by atoms with Crippen molar-refractivity contribution in [3.05, 3.63) is 52.8 Å². The number of aromatic nitrogens is 1. The fourth-order valence-corrected chi connectivity index (χ4v) is 4.09. The molecule has 1 aromatic carbocycles. The molecule has 2 aliphatic rings. The van der Waals surface area contributed by atoms with Crippen molar-refractivity contribution in [3.63, 3.8) is 0 Å². The fraction of sp³-hybridized carbons (Fsp3) is 0.333. The number of anilines is 1. The van der Waals surface area contributed by atoms with E-state index in [4.69, 9.17) is 16.3 Å². The van der Waals surface area contributed by atoms with Crippen LogP contribution in [0.1, 0.15) is 21.8 Å². The number of nitrogens with one attached hydrogen (secondary N) is 1. The van der Waals surface area contributed by atoms with Gasteiger partial charge in [0.1, 0.15) is 5.75 Å². The van der Waals surface area contributed by atoms with Gasteiger partial charge in [0, 0.05) is 43.9 Å². The number of halogens is 1. The van der Waals surface area contributed by atoms with E-state index in [-0.39, 0.29) is 17.6 Å². The van der Waals surface area contributed by atoms with Crippen LogP contribution in [0.5, 0.6) is 5.75 Å². The number of hydrogen-bond acceptors (Lipinski definition) is 6. The molecule has 4 rings (SSSR count). The van der Waals surface area contributed by atoms with Gasteiger partial charge in [0.2, 0.25) is 5.78 Å². The maximum atomic E-state index is 13.0. The number of benzene rings is 1. The zero-order valence-corrected chi connectivity index (χ0v) is 17.2.